The molecule has 1 aliphatic rings. The highest BCUT2D eigenvalue weighted by Crippen LogP contribution is 2.51. The smallest absolute Gasteiger partial charge is 0.0159 e. The molecule has 0 heterocycles. The summed E-state index contributed by atoms with van der Waals surface area (Å²) in [7, 11) is 0. The van der Waals surface area contributed by atoms with Crippen LogP contribution in [0.15, 0.2) is 243 Å². The summed E-state index contributed by atoms with van der Waals surface area (Å²) < 4.78 is 0. The normalized spacial score (nSPS) is 13.2. The molecule has 338 valence electrons. The Bertz CT molecular complexity index is 4770. The average molecular weight is 923 g/mol. The minimum absolute atomic E-state index is 0.115. The first kappa shape index (κ1) is 40.6. The first-order chi connectivity index (χ1) is 35.9. The molecular weight excluding hydrogens is 877 g/mol. The fourth-order valence-electron chi connectivity index (χ4n) is 13.4. The third-order valence-corrected chi connectivity index (χ3v) is 16.9. The molecule has 0 unspecified atom stereocenters. The van der Waals surface area contributed by atoms with Crippen LogP contribution in [0.5, 0.6) is 0 Å². The molecule has 0 aliphatic heterocycles. The highest BCUT2D eigenvalue weighted by molar-refractivity contribution is 6.28. The van der Waals surface area contributed by atoms with Crippen LogP contribution in [0.3, 0.4) is 0 Å². The van der Waals surface area contributed by atoms with E-state index in [9.17, 15) is 0 Å². The van der Waals surface area contributed by atoms with E-state index >= 15 is 0 Å². The third kappa shape index (κ3) is 5.84. The molecule has 0 heteroatoms. The molecule has 0 saturated heterocycles. The molecule has 0 bridgehead atoms. The Morgan fingerprint density at radius 1 is 0.205 bits per heavy atom. The van der Waals surface area contributed by atoms with Crippen molar-refractivity contribution in [2.24, 2.45) is 0 Å². The van der Waals surface area contributed by atoms with Crippen LogP contribution in [-0.4, -0.2) is 0 Å². The summed E-state index contributed by atoms with van der Waals surface area (Å²) in [5.41, 5.74) is 17.6. The summed E-state index contributed by atoms with van der Waals surface area (Å²) in [4.78, 5) is 0. The highest BCUT2D eigenvalue weighted by Gasteiger charge is 2.35. The van der Waals surface area contributed by atoms with Crippen molar-refractivity contribution in [1.82, 2.24) is 0 Å². The zero-order chi connectivity index (χ0) is 48.1. The molecule has 0 spiro atoms. The molecule has 0 atom stereocenters. The summed E-state index contributed by atoms with van der Waals surface area (Å²) in [6.45, 7) is 4.77. The zero-order valence-corrected chi connectivity index (χ0v) is 40.6. The second kappa shape index (κ2) is 15.0. The van der Waals surface area contributed by atoms with E-state index in [2.05, 4.69) is 257 Å². The van der Waals surface area contributed by atoms with Gasteiger partial charge in [-0.25, -0.2) is 0 Å². The van der Waals surface area contributed by atoms with Crippen LogP contribution in [-0.2, 0) is 5.41 Å². The second-order valence-electron chi connectivity index (χ2n) is 21.1. The lowest BCUT2D eigenvalue weighted by molar-refractivity contribution is 0.660. The van der Waals surface area contributed by atoms with Gasteiger partial charge in [0.05, 0.1) is 0 Å². The van der Waals surface area contributed by atoms with Gasteiger partial charge in [-0.1, -0.05) is 220 Å². The van der Waals surface area contributed by atoms with E-state index in [-0.39, 0.29) is 5.41 Å². The van der Waals surface area contributed by atoms with Crippen molar-refractivity contribution in [3.63, 3.8) is 0 Å². The van der Waals surface area contributed by atoms with E-state index in [1.54, 1.807) is 0 Å². The first-order valence-corrected chi connectivity index (χ1v) is 25.7. The van der Waals surface area contributed by atoms with Crippen molar-refractivity contribution in [2.75, 3.05) is 0 Å². The van der Waals surface area contributed by atoms with E-state index in [4.69, 9.17) is 0 Å². The molecule has 0 aromatic heterocycles. The maximum absolute atomic E-state index is 2.50. The van der Waals surface area contributed by atoms with E-state index in [1.807, 2.05) is 0 Å². The van der Waals surface area contributed by atoms with Crippen molar-refractivity contribution in [3.8, 4) is 66.8 Å². The molecule has 0 saturated carbocycles. The van der Waals surface area contributed by atoms with E-state index in [0.717, 1.165) is 0 Å². The van der Waals surface area contributed by atoms with Gasteiger partial charge in [0, 0.05) is 5.41 Å². The second-order valence-corrected chi connectivity index (χ2v) is 21.1. The molecule has 16 rings (SSSR count). The average Bonchev–Trinajstić information content (AvgIpc) is 3.68. The summed E-state index contributed by atoms with van der Waals surface area (Å²) in [6.07, 6.45) is 0. The summed E-state index contributed by atoms with van der Waals surface area (Å²) in [6, 6.07) is 92.3. The van der Waals surface area contributed by atoms with Gasteiger partial charge in [0.15, 0.2) is 0 Å². The van der Waals surface area contributed by atoms with Gasteiger partial charge in [-0.3, -0.25) is 0 Å². The van der Waals surface area contributed by atoms with Gasteiger partial charge in [-0.2, -0.15) is 0 Å². The van der Waals surface area contributed by atoms with Crippen LogP contribution in [0.1, 0.15) is 25.0 Å². The number of hydrogen-bond acceptors (Lipinski definition) is 0. The standard InChI is InChI=1S/C73H46/c1-73(2)67-20-7-6-17-60(67)61-34-30-51(42-68(61)73)55-18-10-19-57-64(55)40-53(41-66(57)59-33-26-49-24-22-45-14-9-16-47-28-36-63(59)72(49)70(45)47)52-38-54-37-50(43-11-4-3-5-12-43)29-31-56(54)65(39-52)58-32-25-48-23-21-44-13-8-15-46-27-35-62(58)71(48)69(44)46/h3-42H,1-2H3. The van der Waals surface area contributed by atoms with Crippen molar-refractivity contribution in [2.45, 2.75) is 19.3 Å². The Hall–Kier alpha value is -9.10. The molecule has 0 N–H and O–H groups in total. The van der Waals surface area contributed by atoms with Crippen LogP contribution in [0.4, 0.5) is 0 Å². The summed E-state index contributed by atoms with van der Waals surface area (Å²) in [5.74, 6) is 0. The minimum atomic E-state index is -0.115. The number of benzene rings is 15. The molecule has 1 aliphatic carbocycles. The van der Waals surface area contributed by atoms with Gasteiger partial charge in [0.25, 0.3) is 0 Å². The summed E-state index contributed by atoms with van der Waals surface area (Å²) in [5, 5.41) is 20.5. The molecular formula is C73H46. The Morgan fingerprint density at radius 2 is 0.685 bits per heavy atom. The predicted octanol–water partition coefficient (Wildman–Crippen LogP) is 20.4. The number of fused-ring (bicyclic) bond motifs is 5. The molecule has 73 heavy (non-hydrogen) atoms. The molecule has 15 aromatic rings. The van der Waals surface area contributed by atoms with Crippen molar-refractivity contribution in [3.05, 3.63) is 254 Å². The van der Waals surface area contributed by atoms with Crippen LogP contribution >= 0.6 is 0 Å². The maximum atomic E-state index is 2.50. The largest absolute Gasteiger partial charge is 0.0622 e. The fourth-order valence-corrected chi connectivity index (χ4v) is 13.4. The van der Waals surface area contributed by atoms with Gasteiger partial charge in [0.2, 0.25) is 0 Å². The Balaban J connectivity index is 0.997. The quantitative estimate of drug-likeness (QED) is 0.151. The Morgan fingerprint density at radius 3 is 1.36 bits per heavy atom. The third-order valence-electron chi connectivity index (χ3n) is 16.9. The van der Waals surface area contributed by atoms with Gasteiger partial charge < -0.3 is 0 Å². The maximum Gasteiger partial charge on any atom is 0.0159 e. The van der Waals surface area contributed by atoms with Gasteiger partial charge in [0.1, 0.15) is 0 Å². The lowest BCUT2D eigenvalue weighted by atomic mass is 9.81. The van der Waals surface area contributed by atoms with E-state index in [1.165, 1.54) is 164 Å². The van der Waals surface area contributed by atoms with Crippen molar-refractivity contribution < 1.29 is 0 Å². The molecule has 15 aromatic carbocycles. The van der Waals surface area contributed by atoms with Gasteiger partial charge >= 0.3 is 0 Å². The molecule has 0 radical (unpaired) electrons. The molecule has 0 nitrogen and oxygen atoms in total. The van der Waals surface area contributed by atoms with Crippen molar-refractivity contribution in [1.29, 1.82) is 0 Å². The lowest BCUT2D eigenvalue weighted by Crippen LogP contribution is -2.14. The molecule has 0 fully saturated rings. The first-order valence-electron chi connectivity index (χ1n) is 25.7. The fraction of sp³-hybridized carbons (Fsp3) is 0.0411. The van der Waals surface area contributed by atoms with Crippen LogP contribution < -0.4 is 0 Å². The van der Waals surface area contributed by atoms with E-state index < -0.39 is 0 Å². The minimum Gasteiger partial charge on any atom is -0.0622 e. The van der Waals surface area contributed by atoms with Gasteiger partial charge in [-0.15, -0.1) is 0 Å². The SMILES string of the molecule is CC1(C)c2ccccc2-c2ccc(-c3cccc4c(-c5ccc6ccc7cccc8ccc5c6c78)cc(-c5cc(-c6ccc7ccc8cccc9ccc6c7c89)c6ccc(-c7ccccc7)cc6c5)cc34)cc21. The zero-order valence-electron chi connectivity index (χ0n) is 40.6. The highest BCUT2D eigenvalue weighted by atomic mass is 14.4. The predicted molar refractivity (Wildman–Crippen MR) is 314 cm³/mol. The number of rotatable bonds is 5. The number of hydrogen-bond donors (Lipinski definition) is 0. The lowest BCUT2D eigenvalue weighted by Gasteiger charge is -2.22. The topological polar surface area (TPSA) is 0 Å². The monoisotopic (exact) mass is 922 g/mol. The van der Waals surface area contributed by atoms with Gasteiger partial charge in [-0.05, 0) is 200 Å². The Labute approximate surface area is 423 Å². The van der Waals surface area contributed by atoms with Crippen LogP contribution in [0, 0.1) is 0 Å². The van der Waals surface area contributed by atoms with Crippen LogP contribution in [0.25, 0.3) is 153 Å². The Kier molecular flexibility index (Phi) is 8.33. The molecule has 0 amide bonds. The van der Waals surface area contributed by atoms with Crippen LogP contribution in [0.2, 0.25) is 0 Å². The summed E-state index contributed by atoms with van der Waals surface area (Å²) >= 11 is 0. The van der Waals surface area contributed by atoms with Crippen molar-refractivity contribution >= 4 is 86.2 Å². The van der Waals surface area contributed by atoms with E-state index in [0.29, 0.717) is 0 Å².